The molecule has 20 heavy (non-hydrogen) atoms. The molecule has 0 spiro atoms. The minimum atomic E-state index is -0.422. The SMILES string of the molecule is CC[C@@H](O)c1cnc(N(C)Cc2ccccc2)c(C)c1. The van der Waals surface area contributed by atoms with Crippen molar-refractivity contribution in [2.75, 3.05) is 11.9 Å². The first-order chi connectivity index (χ1) is 9.61. The van der Waals surface area contributed by atoms with Crippen molar-refractivity contribution in [1.29, 1.82) is 0 Å². The predicted molar refractivity (Wildman–Crippen MR) is 82.8 cm³/mol. The largest absolute Gasteiger partial charge is 0.388 e. The smallest absolute Gasteiger partial charge is 0.131 e. The fraction of sp³-hybridized carbons (Fsp3) is 0.353. The molecule has 1 aromatic carbocycles. The van der Waals surface area contributed by atoms with E-state index < -0.39 is 6.10 Å². The van der Waals surface area contributed by atoms with Crippen molar-refractivity contribution < 1.29 is 5.11 Å². The van der Waals surface area contributed by atoms with E-state index in [0.29, 0.717) is 6.42 Å². The number of pyridine rings is 1. The van der Waals surface area contributed by atoms with E-state index in [1.165, 1.54) is 5.56 Å². The van der Waals surface area contributed by atoms with Crippen LogP contribution >= 0.6 is 0 Å². The molecule has 1 atom stereocenters. The minimum Gasteiger partial charge on any atom is -0.388 e. The molecule has 0 saturated heterocycles. The van der Waals surface area contributed by atoms with Gasteiger partial charge in [-0.2, -0.15) is 0 Å². The highest BCUT2D eigenvalue weighted by Gasteiger charge is 2.11. The van der Waals surface area contributed by atoms with E-state index in [4.69, 9.17) is 0 Å². The lowest BCUT2D eigenvalue weighted by Crippen LogP contribution is -2.19. The van der Waals surface area contributed by atoms with Crippen LogP contribution in [-0.2, 0) is 6.54 Å². The molecule has 0 bridgehead atoms. The Bertz CT molecular complexity index is 554. The summed E-state index contributed by atoms with van der Waals surface area (Å²) in [6.07, 6.45) is 2.06. The molecule has 0 radical (unpaired) electrons. The molecule has 1 N–H and O–H groups in total. The van der Waals surface area contributed by atoms with Gasteiger partial charge in [-0.15, -0.1) is 0 Å². The van der Waals surface area contributed by atoms with E-state index in [1.807, 2.05) is 45.2 Å². The van der Waals surface area contributed by atoms with Gasteiger partial charge in [0.2, 0.25) is 0 Å². The van der Waals surface area contributed by atoms with Gasteiger partial charge in [0.25, 0.3) is 0 Å². The standard InChI is InChI=1S/C17H22N2O/c1-4-16(20)15-10-13(2)17(18-11-15)19(3)12-14-8-6-5-7-9-14/h5-11,16,20H,4,12H2,1-3H3/t16-/m1/s1. The van der Waals surface area contributed by atoms with E-state index in [9.17, 15) is 5.11 Å². The first kappa shape index (κ1) is 14.5. The second kappa shape index (κ2) is 6.53. The Balaban J connectivity index is 2.16. The number of aliphatic hydroxyl groups excluding tert-OH is 1. The van der Waals surface area contributed by atoms with Crippen LogP contribution in [0.1, 0.15) is 36.1 Å². The van der Waals surface area contributed by atoms with Crippen molar-refractivity contribution in [3.05, 3.63) is 59.3 Å². The van der Waals surface area contributed by atoms with E-state index in [0.717, 1.165) is 23.5 Å². The topological polar surface area (TPSA) is 36.4 Å². The van der Waals surface area contributed by atoms with Crippen LogP contribution in [0, 0.1) is 6.92 Å². The highest BCUT2D eigenvalue weighted by Crippen LogP contribution is 2.23. The van der Waals surface area contributed by atoms with E-state index >= 15 is 0 Å². The van der Waals surface area contributed by atoms with Gasteiger partial charge in [0.15, 0.2) is 0 Å². The second-order valence-corrected chi connectivity index (χ2v) is 5.17. The zero-order valence-corrected chi connectivity index (χ0v) is 12.4. The Kier molecular flexibility index (Phi) is 4.74. The lowest BCUT2D eigenvalue weighted by molar-refractivity contribution is 0.173. The van der Waals surface area contributed by atoms with Crippen molar-refractivity contribution in [3.8, 4) is 0 Å². The quantitative estimate of drug-likeness (QED) is 0.903. The van der Waals surface area contributed by atoms with Crippen LogP contribution in [0.3, 0.4) is 0 Å². The molecule has 0 saturated carbocycles. The van der Waals surface area contributed by atoms with Crippen molar-refractivity contribution in [2.24, 2.45) is 0 Å². The number of rotatable bonds is 5. The molecule has 0 aliphatic carbocycles. The molecular weight excluding hydrogens is 248 g/mol. The molecule has 3 nitrogen and oxygen atoms in total. The van der Waals surface area contributed by atoms with E-state index in [1.54, 1.807) is 6.20 Å². The minimum absolute atomic E-state index is 0.422. The molecule has 0 aliphatic rings. The normalized spacial score (nSPS) is 12.2. The first-order valence-electron chi connectivity index (χ1n) is 7.01. The Hall–Kier alpha value is -1.87. The maximum atomic E-state index is 9.86. The Labute approximate surface area is 120 Å². The van der Waals surface area contributed by atoms with Crippen LogP contribution in [0.15, 0.2) is 42.6 Å². The van der Waals surface area contributed by atoms with Gasteiger partial charge in [-0.05, 0) is 36.1 Å². The molecule has 0 amide bonds. The Morgan fingerprint density at radius 2 is 1.95 bits per heavy atom. The first-order valence-corrected chi connectivity index (χ1v) is 7.01. The fourth-order valence-corrected chi connectivity index (χ4v) is 2.34. The molecule has 0 aliphatic heterocycles. The van der Waals surface area contributed by atoms with Crippen LogP contribution < -0.4 is 4.90 Å². The highest BCUT2D eigenvalue weighted by atomic mass is 16.3. The lowest BCUT2D eigenvalue weighted by Gasteiger charge is -2.21. The number of aromatic nitrogens is 1. The number of benzene rings is 1. The lowest BCUT2D eigenvalue weighted by atomic mass is 10.1. The second-order valence-electron chi connectivity index (χ2n) is 5.17. The summed E-state index contributed by atoms with van der Waals surface area (Å²) in [5.74, 6) is 0.959. The predicted octanol–water partition coefficient (Wildman–Crippen LogP) is 3.47. The van der Waals surface area contributed by atoms with Crippen LogP contribution in [0.25, 0.3) is 0 Å². The molecule has 0 fully saturated rings. The third-order valence-electron chi connectivity index (χ3n) is 3.47. The number of aryl methyl sites for hydroxylation is 1. The average Bonchev–Trinajstić information content (AvgIpc) is 2.47. The summed E-state index contributed by atoms with van der Waals surface area (Å²) in [7, 11) is 2.04. The van der Waals surface area contributed by atoms with Crippen molar-refractivity contribution in [1.82, 2.24) is 4.98 Å². The summed E-state index contributed by atoms with van der Waals surface area (Å²) >= 11 is 0. The van der Waals surface area contributed by atoms with Gasteiger partial charge in [0.05, 0.1) is 6.10 Å². The van der Waals surface area contributed by atoms with Gasteiger partial charge in [0.1, 0.15) is 5.82 Å². The number of hydrogen-bond acceptors (Lipinski definition) is 3. The fourth-order valence-electron chi connectivity index (χ4n) is 2.34. The zero-order valence-electron chi connectivity index (χ0n) is 12.4. The maximum Gasteiger partial charge on any atom is 0.131 e. The Morgan fingerprint density at radius 1 is 1.25 bits per heavy atom. The Morgan fingerprint density at radius 3 is 2.55 bits per heavy atom. The van der Waals surface area contributed by atoms with Gasteiger partial charge in [-0.25, -0.2) is 4.98 Å². The molecule has 3 heteroatoms. The van der Waals surface area contributed by atoms with Crippen LogP contribution in [0.2, 0.25) is 0 Å². The van der Waals surface area contributed by atoms with Gasteiger partial charge in [-0.1, -0.05) is 37.3 Å². The van der Waals surface area contributed by atoms with E-state index in [-0.39, 0.29) is 0 Å². The van der Waals surface area contributed by atoms with Crippen molar-refractivity contribution in [2.45, 2.75) is 32.9 Å². The molecular formula is C17H22N2O. The molecule has 0 unspecified atom stereocenters. The summed E-state index contributed by atoms with van der Waals surface area (Å²) in [6, 6.07) is 12.4. The summed E-state index contributed by atoms with van der Waals surface area (Å²) in [5.41, 5.74) is 3.24. The average molecular weight is 270 g/mol. The van der Waals surface area contributed by atoms with Crippen molar-refractivity contribution in [3.63, 3.8) is 0 Å². The molecule has 106 valence electrons. The van der Waals surface area contributed by atoms with Gasteiger partial charge in [0, 0.05) is 19.8 Å². The zero-order chi connectivity index (χ0) is 14.5. The van der Waals surface area contributed by atoms with Crippen LogP contribution in [0.4, 0.5) is 5.82 Å². The number of aliphatic hydroxyl groups is 1. The summed E-state index contributed by atoms with van der Waals surface area (Å²) in [4.78, 5) is 6.64. The molecule has 1 heterocycles. The maximum absolute atomic E-state index is 9.86. The van der Waals surface area contributed by atoms with Crippen molar-refractivity contribution >= 4 is 5.82 Å². The van der Waals surface area contributed by atoms with Gasteiger partial charge in [-0.3, -0.25) is 0 Å². The van der Waals surface area contributed by atoms with Gasteiger partial charge < -0.3 is 10.0 Å². The summed E-state index contributed by atoms with van der Waals surface area (Å²) in [5, 5.41) is 9.86. The molecule has 2 aromatic rings. The van der Waals surface area contributed by atoms with Crippen LogP contribution in [-0.4, -0.2) is 17.1 Å². The molecule has 1 aromatic heterocycles. The summed E-state index contributed by atoms with van der Waals surface area (Å²) < 4.78 is 0. The van der Waals surface area contributed by atoms with Crippen LogP contribution in [0.5, 0.6) is 0 Å². The third-order valence-corrected chi connectivity index (χ3v) is 3.47. The number of anilines is 1. The van der Waals surface area contributed by atoms with E-state index in [2.05, 4.69) is 22.0 Å². The highest BCUT2D eigenvalue weighted by molar-refractivity contribution is 5.47. The molecule has 2 rings (SSSR count). The van der Waals surface area contributed by atoms with Gasteiger partial charge >= 0.3 is 0 Å². The summed E-state index contributed by atoms with van der Waals surface area (Å²) in [6.45, 7) is 4.83. The number of hydrogen-bond donors (Lipinski definition) is 1. The number of nitrogens with zero attached hydrogens (tertiary/aromatic N) is 2. The third kappa shape index (κ3) is 3.36. The monoisotopic (exact) mass is 270 g/mol.